The van der Waals surface area contributed by atoms with E-state index in [-0.39, 0.29) is 5.91 Å². The summed E-state index contributed by atoms with van der Waals surface area (Å²) in [6, 6.07) is 13.1. The molecule has 2 aromatic rings. The molecule has 0 fully saturated rings. The molecule has 0 unspecified atom stereocenters. The molecular formula is C17H17N3O. The minimum atomic E-state index is -0.183. The van der Waals surface area contributed by atoms with Gasteiger partial charge < -0.3 is 11.1 Å². The molecule has 0 saturated carbocycles. The molecule has 1 aromatic heterocycles. The molecule has 0 saturated heterocycles. The van der Waals surface area contributed by atoms with Crippen LogP contribution < -0.4 is 11.1 Å². The van der Waals surface area contributed by atoms with Crippen molar-refractivity contribution >= 4 is 5.91 Å². The van der Waals surface area contributed by atoms with Crippen LogP contribution in [0.3, 0.4) is 0 Å². The Bertz CT molecular complexity index is 698. The monoisotopic (exact) mass is 279 g/mol. The van der Waals surface area contributed by atoms with Gasteiger partial charge in [-0.2, -0.15) is 0 Å². The zero-order valence-electron chi connectivity index (χ0n) is 11.9. The van der Waals surface area contributed by atoms with Crippen LogP contribution in [0, 0.1) is 18.8 Å². The van der Waals surface area contributed by atoms with Crippen LogP contribution in [0.2, 0.25) is 0 Å². The summed E-state index contributed by atoms with van der Waals surface area (Å²) in [4.78, 5) is 16.2. The van der Waals surface area contributed by atoms with Crippen LogP contribution in [0.15, 0.2) is 42.5 Å². The lowest BCUT2D eigenvalue weighted by atomic mass is 10.1. The Hall–Kier alpha value is -2.64. The third-order valence-corrected chi connectivity index (χ3v) is 2.84. The number of benzene rings is 1. The highest BCUT2D eigenvalue weighted by molar-refractivity contribution is 5.92. The molecule has 0 aliphatic heterocycles. The minimum absolute atomic E-state index is 0.183. The van der Waals surface area contributed by atoms with Gasteiger partial charge in [-0.15, -0.1) is 0 Å². The number of carbonyl (C=O) groups is 1. The first-order valence-corrected chi connectivity index (χ1v) is 6.69. The average Bonchev–Trinajstić information content (AvgIpc) is 2.51. The maximum absolute atomic E-state index is 12.0. The second-order valence-electron chi connectivity index (χ2n) is 4.55. The lowest BCUT2D eigenvalue weighted by Gasteiger charge is -2.06. The minimum Gasteiger partial charge on any atom is -0.347 e. The molecule has 106 valence electrons. The number of nitrogens with one attached hydrogen (secondary N) is 1. The zero-order chi connectivity index (χ0) is 15.1. The topological polar surface area (TPSA) is 68.0 Å². The number of nitrogens with zero attached hydrogens (tertiary/aromatic N) is 1. The van der Waals surface area contributed by atoms with E-state index in [1.165, 1.54) is 0 Å². The van der Waals surface area contributed by atoms with E-state index in [1.807, 2.05) is 43.3 Å². The Balaban J connectivity index is 2.01. The lowest BCUT2D eigenvalue weighted by molar-refractivity contribution is 0.0945. The van der Waals surface area contributed by atoms with Gasteiger partial charge in [0.05, 0.1) is 6.54 Å². The average molecular weight is 279 g/mol. The van der Waals surface area contributed by atoms with Crippen molar-refractivity contribution in [1.82, 2.24) is 10.3 Å². The zero-order valence-corrected chi connectivity index (χ0v) is 11.9. The Morgan fingerprint density at radius 3 is 2.86 bits per heavy atom. The summed E-state index contributed by atoms with van der Waals surface area (Å²) in [5.74, 6) is 5.60. The SMILES string of the molecule is Cc1cccc(C(=O)NCc2cccc(C#CCN)c2)n1. The molecule has 1 aromatic carbocycles. The highest BCUT2D eigenvalue weighted by Crippen LogP contribution is 2.05. The van der Waals surface area contributed by atoms with Crippen molar-refractivity contribution < 1.29 is 4.79 Å². The van der Waals surface area contributed by atoms with Crippen molar-refractivity contribution in [3.8, 4) is 11.8 Å². The van der Waals surface area contributed by atoms with E-state index < -0.39 is 0 Å². The first kappa shape index (κ1) is 14.8. The van der Waals surface area contributed by atoms with E-state index in [0.29, 0.717) is 18.8 Å². The van der Waals surface area contributed by atoms with Crippen LogP contribution in [-0.2, 0) is 6.54 Å². The summed E-state index contributed by atoms with van der Waals surface area (Å²) >= 11 is 0. The Morgan fingerprint density at radius 2 is 2.10 bits per heavy atom. The molecule has 2 rings (SSSR count). The molecule has 0 spiro atoms. The first-order chi connectivity index (χ1) is 10.2. The van der Waals surface area contributed by atoms with E-state index in [4.69, 9.17) is 5.73 Å². The largest absolute Gasteiger partial charge is 0.347 e. The number of nitrogens with two attached hydrogens (primary N) is 1. The molecule has 3 N–H and O–H groups in total. The second kappa shape index (κ2) is 7.22. The van der Waals surface area contributed by atoms with E-state index in [1.54, 1.807) is 6.07 Å². The van der Waals surface area contributed by atoms with Crippen LogP contribution in [0.4, 0.5) is 0 Å². The number of carbonyl (C=O) groups excluding carboxylic acids is 1. The van der Waals surface area contributed by atoms with Gasteiger partial charge in [0.25, 0.3) is 5.91 Å². The van der Waals surface area contributed by atoms with Crippen molar-refractivity contribution in [1.29, 1.82) is 0 Å². The van der Waals surface area contributed by atoms with Gasteiger partial charge >= 0.3 is 0 Å². The highest BCUT2D eigenvalue weighted by Gasteiger charge is 2.06. The van der Waals surface area contributed by atoms with Gasteiger partial charge in [0.2, 0.25) is 0 Å². The number of rotatable bonds is 3. The fourth-order valence-electron chi connectivity index (χ4n) is 1.85. The Labute approximate surface area is 124 Å². The number of aromatic nitrogens is 1. The van der Waals surface area contributed by atoms with Gasteiger partial charge in [-0.1, -0.05) is 30.0 Å². The third-order valence-electron chi connectivity index (χ3n) is 2.84. The second-order valence-corrected chi connectivity index (χ2v) is 4.55. The summed E-state index contributed by atoms with van der Waals surface area (Å²) in [5.41, 5.74) is 8.47. The Morgan fingerprint density at radius 1 is 1.29 bits per heavy atom. The maximum Gasteiger partial charge on any atom is 0.270 e. The summed E-state index contributed by atoms with van der Waals surface area (Å²) in [6.07, 6.45) is 0. The Kier molecular flexibility index (Phi) is 5.08. The van der Waals surface area contributed by atoms with Crippen molar-refractivity contribution in [2.24, 2.45) is 5.73 Å². The van der Waals surface area contributed by atoms with Crippen molar-refractivity contribution in [3.63, 3.8) is 0 Å². The van der Waals surface area contributed by atoms with Crippen molar-refractivity contribution in [3.05, 3.63) is 65.0 Å². The number of aryl methyl sites for hydroxylation is 1. The van der Waals surface area contributed by atoms with Crippen LogP contribution in [0.1, 0.15) is 27.3 Å². The van der Waals surface area contributed by atoms with Crippen LogP contribution in [-0.4, -0.2) is 17.4 Å². The van der Waals surface area contributed by atoms with Gasteiger partial charge in [0.1, 0.15) is 5.69 Å². The molecule has 1 amide bonds. The van der Waals surface area contributed by atoms with Gasteiger partial charge in [-0.25, -0.2) is 4.98 Å². The molecule has 0 radical (unpaired) electrons. The molecule has 0 aliphatic carbocycles. The van der Waals surface area contributed by atoms with Gasteiger partial charge in [0, 0.05) is 17.8 Å². The van der Waals surface area contributed by atoms with Gasteiger partial charge in [0.15, 0.2) is 0 Å². The van der Waals surface area contributed by atoms with E-state index in [0.717, 1.165) is 16.8 Å². The number of hydrogen-bond donors (Lipinski definition) is 2. The third kappa shape index (κ3) is 4.44. The quantitative estimate of drug-likeness (QED) is 0.839. The molecule has 4 heteroatoms. The summed E-state index contributed by atoms with van der Waals surface area (Å²) in [7, 11) is 0. The molecule has 0 aliphatic rings. The number of amides is 1. The summed E-state index contributed by atoms with van der Waals surface area (Å²) in [6.45, 7) is 2.63. The maximum atomic E-state index is 12.0. The molecular weight excluding hydrogens is 262 g/mol. The number of pyridine rings is 1. The molecule has 1 heterocycles. The predicted octanol–water partition coefficient (Wildman–Crippen LogP) is 1.63. The lowest BCUT2D eigenvalue weighted by Crippen LogP contribution is -2.23. The smallest absolute Gasteiger partial charge is 0.270 e. The molecule has 0 bridgehead atoms. The normalized spacial score (nSPS) is 9.62. The predicted molar refractivity (Wildman–Crippen MR) is 82.5 cm³/mol. The van der Waals surface area contributed by atoms with E-state index >= 15 is 0 Å². The number of hydrogen-bond acceptors (Lipinski definition) is 3. The van der Waals surface area contributed by atoms with E-state index in [2.05, 4.69) is 22.1 Å². The van der Waals surface area contributed by atoms with Crippen molar-refractivity contribution in [2.45, 2.75) is 13.5 Å². The summed E-state index contributed by atoms with van der Waals surface area (Å²) in [5, 5.41) is 2.85. The fourth-order valence-corrected chi connectivity index (χ4v) is 1.85. The van der Waals surface area contributed by atoms with Crippen LogP contribution >= 0.6 is 0 Å². The van der Waals surface area contributed by atoms with E-state index in [9.17, 15) is 4.79 Å². The first-order valence-electron chi connectivity index (χ1n) is 6.69. The highest BCUT2D eigenvalue weighted by atomic mass is 16.1. The van der Waals surface area contributed by atoms with Crippen LogP contribution in [0.25, 0.3) is 0 Å². The molecule has 0 atom stereocenters. The summed E-state index contributed by atoms with van der Waals surface area (Å²) < 4.78 is 0. The van der Waals surface area contributed by atoms with Crippen molar-refractivity contribution in [2.75, 3.05) is 6.54 Å². The van der Waals surface area contributed by atoms with Crippen LogP contribution in [0.5, 0.6) is 0 Å². The fraction of sp³-hybridized carbons (Fsp3) is 0.176. The van der Waals surface area contributed by atoms with Gasteiger partial charge in [-0.05, 0) is 36.8 Å². The molecule has 21 heavy (non-hydrogen) atoms. The van der Waals surface area contributed by atoms with Gasteiger partial charge in [-0.3, -0.25) is 4.79 Å². The molecule has 4 nitrogen and oxygen atoms in total. The standard InChI is InChI=1S/C17H17N3O/c1-13-5-2-9-16(20-13)17(21)19-12-15-7-3-6-14(11-15)8-4-10-18/h2-3,5-7,9,11H,10,12,18H2,1H3,(H,19,21).